The van der Waals surface area contributed by atoms with Crippen LogP contribution in [0.3, 0.4) is 0 Å². The third kappa shape index (κ3) is 3.24. The largest absolute Gasteiger partial charge is 0.486 e. The molecule has 0 spiro atoms. The molecular formula is C14H17NO3S. The second kappa shape index (κ2) is 6.04. The van der Waals surface area contributed by atoms with Crippen LogP contribution in [-0.2, 0) is 4.74 Å². The molecule has 2 N–H and O–H groups in total. The van der Waals surface area contributed by atoms with Gasteiger partial charge in [0.1, 0.15) is 17.2 Å². The molecule has 5 heteroatoms. The number of para-hydroxylation sites is 1. The quantitative estimate of drug-likeness (QED) is 0.651. The Morgan fingerprint density at radius 2 is 2.05 bits per heavy atom. The molecule has 0 aliphatic rings. The van der Waals surface area contributed by atoms with E-state index in [4.69, 9.17) is 31.8 Å². The van der Waals surface area contributed by atoms with E-state index in [2.05, 4.69) is 0 Å². The molecule has 1 aromatic heterocycles. The van der Waals surface area contributed by atoms with E-state index in [1.165, 1.54) is 0 Å². The van der Waals surface area contributed by atoms with Gasteiger partial charge in [-0.25, -0.2) is 0 Å². The van der Waals surface area contributed by atoms with Crippen LogP contribution in [0.2, 0.25) is 0 Å². The van der Waals surface area contributed by atoms with Crippen molar-refractivity contribution in [2.45, 2.75) is 20.0 Å². The Labute approximate surface area is 117 Å². The van der Waals surface area contributed by atoms with Gasteiger partial charge in [-0.2, -0.15) is 0 Å². The first-order chi connectivity index (χ1) is 9.09. The molecule has 0 aliphatic carbocycles. The van der Waals surface area contributed by atoms with E-state index in [9.17, 15) is 0 Å². The van der Waals surface area contributed by atoms with Crippen LogP contribution in [0.15, 0.2) is 28.7 Å². The van der Waals surface area contributed by atoms with Gasteiger partial charge in [-0.3, -0.25) is 0 Å². The average molecular weight is 279 g/mol. The second-order valence-corrected chi connectivity index (χ2v) is 4.83. The predicted octanol–water partition coefficient (Wildman–Crippen LogP) is 2.87. The first-order valence-corrected chi connectivity index (χ1v) is 6.56. The third-order valence-corrected chi connectivity index (χ3v) is 2.74. The van der Waals surface area contributed by atoms with Gasteiger partial charge in [0, 0.05) is 0 Å². The van der Waals surface area contributed by atoms with Crippen LogP contribution in [0.1, 0.15) is 19.6 Å². The van der Waals surface area contributed by atoms with Crippen LogP contribution in [-0.4, -0.2) is 24.3 Å². The highest BCUT2D eigenvalue weighted by atomic mass is 32.1. The van der Waals surface area contributed by atoms with E-state index in [1.54, 1.807) is 0 Å². The van der Waals surface area contributed by atoms with Crippen molar-refractivity contribution in [3.8, 4) is 5.75 Å². The molecule has 0 bridgehead atoms. The monoisotopic (exact) mass is 279 g/mol. The van der Waals surface area contributed by atoms with E-state index in [-0.39, 0.29) is 11.1 Å². The summed E-state index contributed by atoms with van der Waals surface area (Å²) in [5, 5.41) is 0.870. The van der Waals surface area contributed by atoms with Gasteiger partial charge in [0.2, 0.25) is 5.76 Å². The summed E-state index contributed by atoms with van der Waals surface area (Å²) in [5.74, 6) is 1.01. The molecule has 1 aromatic carbocycles. The number of thiocarbonyl (C=S) groups is 1. The molecule has 19 heavy (non-hydrogen) atoms. The van der Waals surface area contributed by atoms with Crippen LogP contribution in [0.5, 0.6) is 5.75 Å². The van der Waals surface area contributed by atoms with Crippen molar-refractivity contribution < 1.29 is 13.9 Å². The van der Waals surface area contributed by atoms with Gasteiger partial charge in [-0.1, -0.05) is 24.4 Å². The summed E-state index contributed by atoms with van der Waals surface area (Å²) in [7, 11) is 0. The minimum absolute atomic E-state index is 0.180. The molecule has 2 aromatic rings. The van der Waals surface area contributed by atoms with Crippen molar-refractivity contribution >= 4 is 28.2 Å². The molecule has 1 heterocycles. The lowest BCUT2D eigenvalue weighted by Crippen LogP contribution is -2.14. The SMILES string of the molecule is CC(C)OCCOc1c(C(N)=S)oc2ccccc12. The molecule has 4 nitrogen and oxygen atoms in total. The lowest BCUT2D eigenvalue weighted by Gasteiger charge is -2.09. The number of rotatable bonds is 6. The number of furan rings is 1. The molecule has 102 valence electrons. The third-order valence-electron chi connectivity index (χ3n) is 2.55. The summed E-state index contributed by atoms with van der Waals surface area (Å²) in [6, 6.07) is 7.58. The summed E-state index contributed by atoms with van der Waals surface area (Å²) in [4.78, 5) is 0.191. The molecule has 0 saturated carbocycles. The van der Waals surface area contributed by atoms with E-state index in [1.807, 2.05) is 38.1 Å². The van der Waals surface area contributed by atoms with Crippen LogP contribution in [0.4, 0.5) is 0 Å². The van der Waals surface area contributed by atoms with Crippen LogP contribution < -0.4 is 10.5 Å². The van der Waals surface area contributed by atoms with E-state index in [0.29, 0.717) is 30.3 Å². The van der Waals surface area contributed by atoms with Crippen molar-refractivity contribution in [3.05, 3.63) is 30.0 Å². The van der Waals surface area contributed by atoms with Crippen molar-refractivity contribution in [1.29, 1.82) is 0 Å². The van der Waals surface area contributed by atoms with Gasteiger partial charge in [0.25, 0.3) is 0 Å². The van der Waals surface area contributed by atoms with Gasteiger partial charge in [-0.05, 0) is 26.0 Å². The summed E-state index contributed by atoms with van der Waals surface area (Å²) < 4.78 is 16.8. The molecule has 0 amide bonds. The van der Waals surface area contributed by atoms with Crippen molar-refractivity contribution in [2.24, 2.45) is 5.73 Å². The van der Waals surface area contributed by atoms with Gasteiger partial charge in [0.15, 0.2) is 5.75 Å². The molecule has 0 fully saturated rings. The lowest BCUT2D eigenvalue weighted by atomic mass is 10.2. The molecule has 2 rings (SSSR count). The number of hydrogen-bond donors (Lipinski definition) is 1. The van der Waals surface area contributed by atoms with Crippen LogP contribution in [0.25, 0.3) is 11.0 Å². The summed E-state index contributed by atoms with van der Waals surface area (Å²) >= 11 is 4.98. The highest BCUT2D eigenvalue weighted by Gasteiger charge is 2.17. The minimum atomic E-state index is 0.180. The van der Waals surface area contributed by atoms with E-state index >= 15 is 0 Å². The number of hydrogen-bond acceptors (Lipinski definition) is 4. The maximum atomic E-state index is 5.72. The highest BCUT2D eigenvalue weighted by molar-refractivity contribution is 7.80. The van der Waals surface area contributed by atoms with E-state index < -0.39 is 0 Å². The Bertz CT molecular complexity index is 577. The van der Waals surface area contributed by atoms with Crippen molar-refractivity contribution in [1.82, 2.24) is 0 Å². The number of nitrogens with two attached hydrogens (primary N) is 1. The average Bonchev–Trinajstić information content (AvgIpc) is 2.73. The van der Waals surface area contributed by atoms with Crippen LogP contribution in [0, 0.1) is 0 Å². The molecule has 0 unspecified atom stereocenters. The second-order valence-electron chi connectivity index (χ2n) is 4.39. The standard InChI is InChI=1S/C14H17NO3S/c1-9(2)16-7-8-17-12-10-5-3-4-6-11(10)18-13(12)14(15)19/h3-6,9H,7-8H2,1-2H3,(H2,15,19). The number of fused-ring (bicyclic) bond motifs is 1. The molecule has 0 aliphatic heterocycles. The Balaban J connectivity index is 2.19. The maximum Gasteiger partial charge on any atom is 0.204 e. The maximum absolute atomic E-state index is 5.72. The smallest absolute Gasteiger partial charge is 0.204 e. The Hall–Kier alpha value is -1.59. The van der Waals surface area contributed by atoms with Crippen molar-refractivity contribution in [2.75, 3.05) is 13.2 Å². The first-order valence-electron chi connectivity index (χ1n) is 6.15. The Morgan fingerprint density at radius 3 is 2.74 bits per heavy atom. The van der Waals surface area contributed by atoms with E-state index in [0.717, 1.165) is 5.39 Å². The zero-order valence-corrected chi connectivity index (χ0v) is 11.8. The fourth-order valence-electron chi connectivity index (χ4n) is 1.75. The topological polar surface area (TPSA) is 57.6 Å². The minimum Gasteiger partial charge on any atom is -0.486 e. The predicted molar refractivity (Wildman–Crippen MR) is 78.7 cm³/mol. The lowest BCUT2D eigenvalue weighted by molar-refractivity contribution is 0.0554. The van der Waals surface area contributed by atoms with Gasteiger partial charge in [-0.15, -0.1) is 0 Å². The van der Waals surface area contributed by atoms with Crippen LogP contribution >= 0.6 is 12.2 Å². The normalized spacial score (nSPS) is 11.1. The Kier molecular flexibility index (Phi) is 4.39. The summed E-state index contributed by atoms with van der Waals surface area (Å²) in [5.41, 5.74) is 6.37. The van der Waals surface area contributed by atoms with Crippen molar-refractivity contribution in [3.63, 3.8) is 0 Å². The fourth-order valence-corrected chi connectivity index (χ4v) is 1.89. The first kappa shape index (κ1) is 13.8. The zero-order chi connectivity index (χ0) is 13.8. The number of benzene rings is 1. The van der Waals surface area contributed by atoms with Gasteiger partial charge < -0.3 is 19.6 Å². The van der Waals surface area contributed by atoms with Gasteiger partial charge in [0.05, 0.1) is 18.1 Å². The number of ether oxygens (including phenoxy) is 2. The van der Waals surface area contributed by atoms with Gasteiger partial charge >= 0.3 is 0 Å². The molecule has 0 atom stereocenters. The fraction of sp³-hybridized carbons (Fsp3) is 0.357. The molecule has 0 saturated heterocycles. The summed E-state index contributed by atoms with van der Waals surface area (Å²) in [6.07, 6.45) is 0.180. The molecule has 0 radical (unpaired) electrons. The highest BCUT2D eigenvalue weighted by Crippen LogP contribution is 2.32. The molecular weight excluding hydrogens is 262 g/mol. The zero-order valence-electron chi connectivity index (χ0n) is 11.0. The Morgan fingerprint density at radius 1 is 1.32 bits per heavy atom. The summed E-state index contributed by atoms with van der Waals surface area (Å²) in [6.45, 7) is 4.90.